The van der Waals surface area contributed by atoms with Gasteiger partial charge in [0.05, 0.1) is 17.7 Å². The zero-order chi connectivity index (χ0) is 12.4. The third-order valence-electron chi connectivity index (χ3n) is 2.43. The zero-order valence-corrected chi connectivity index (χ0v) is 10.4. The maximum Gasteiger partial charge on any atom is 0.338 e. The summed E-state index contributed by atoms with van der Waals surface area (Å²) >= 11 is 5.90. The summed E-state index contributed by atoms with van der Waals surface area (Å²) in [7, 11) is 0. The Morgan fingerprint density at radius 3 is 2.88 bits per heavy atom. The standard InChI is InChI=1S/C13H12ClNO2/c1-3-17-13(16)10-7-12(14)15-11-6-8(2)4-5-9(10)11/h4-7H,3H2,1-2H3. The molecule has 1 aromatic heterocycles. The summed E-state index contributed by atoms with van der Waals surface area (Å²) in [6, 6.07) is 7.22. The fraction of sp³-hybridized carbons (Fsp3) is 0.231. The lowest BCUT2D eigenvalue weighted by molar-refractivity contribution is 0.0528. The molecule has 88 valence electrons. The van der Waals surface area contributed by atoms with Gasteiger partial charge in [0.1, 0.15) is 5.15 Å². The van der Waals surface area contributed by atoms with Gasteiger partial charge in [-0.15, -0.1) is 0 Å². The number of benzene rings is 1. The summed E-state index contributed by atoms with van der Waals surface area (Å²) in [5.41, 5.74) is 2.24. The molecule has 0 unspecified atom stereocenters. The molecule has 0 atom stereocenters. The number of esters is 1. The van der Waals surface area contributed by atoms with Crippen molar-refractivity contribution in [3.05, 3.63) is 40.5 Å². The third-order valence-corrected chi connectivity index (χ3v) is 2.62. The fourth-order valence-electron chi connectivity index (χ4n) is 1.68. The number of carbonyl (C=O) groups excluding carboxylic acids is 1. The number of fused-ring (bicyclic) bond motifs is 1. The van der Waals surface area contributed by atoms with E-state index >= 15 is 0 Å². The number of halogens is 1. The molecule has 0 radical (unpaired) electrons. The van der Waals surface area contributed by atoms with Gasteiger partial charge in [-0.05, 0) is 31.5 Å². The Bertz CT molecular complexity index is 576. The van der Waals surface area contributed by atoms with Crippen LogP contribution >= 0.6 is 11.6 Å². The van der Waals surface area contributed by atoms with E-state index < -0.39 is 0 Å². The molecule has 0 amide bonds. The van der Waals surface area contributed by atoms with E-state index in [1.807, 2.05) is 25.1 Å². The van der Waals surface area contributed by atoms with E-state index in [1.54, 1.807) is 6.92 Å². The summed E-state index contributed by atoms with van der Waals surface area (Å²) in [4.78, 5) is 16.0. The highest BCUT2D eigenvalue weighted by molar-refractivity contribution is 6.30. The molecule has 0 aliphatic heterocycles. The predicted molar refractivity (Wildman–Crippen MR) is 67.4 cm³/mol. The van der Waals surface area contributed by atoms with Gasteiger partial charge >= 0.3 is 5.97 Å². The van der Waals surface area contributed by atoms with E-state index in [-0.39, 0.29) is 5.97 Å². The van der Waals surface area contributed by atoms with Crippen molar-refractivity contribution in [2.75, 3.05) is 6.61 Å². The van der Waals surface area contributed by atoms with Crippen LogP contribution in [0.1, 0.15) is 22.8 Å². The molecule has 1 heterocycles. The lowest BCUT2D eigenvalue weighted by atomic mass is 10.1. The van der Waals surface area contributed by atoms with Crippen LogP contribution in [0.4, 0.5) is 0 Å². The number of rotatable bonds is 2. The lowest BCUT2D eigenvalue weighted by Crippen LogP contribution is -2.06. The molecule has 0 saturated carbocycles. The van der Waals surface area contributed by atoms with Crippen LogP contribution in [0.2, 0.25) is 5.15 Å². The number of ether oxygens (including phenoxy) is 1. The van der Waals surface area contributed by atoms with Crippen molar-refractivity contribution in [1.82, 2.24) is 4.98 Å². The van der Waals surface area contributed by atoms with Crippen LogP contribution in [0.5, 0.6) is 0 Å². The fourth-order valence-corrected chi connectivity index (χ4v) is 1.88. The van der Waals surface area contributed by atoms with Crippen LogP contribution in [0.3, 0.4) is 0 Å². The molecule has 0 bridgehead atoms. The van der Waals surface area contributed by atoms with E-state index in [0.29, 0.717) is 22.8 Å². The van der Waals surface area contributed by atoms with E-state index in [2.05, 4.69) is 4.98 Å². The Hall–Kier alpha value is -1.61. The number of hydrogen-bond acceptors (Lipinski definition) is 3. The molecule has 2 aromatic rings. The molecular formula is C13H12ClNO2. The zero-order valence-electron chi connectivity index (χ0n) is 9.66. The van der Waals surface area contributed by atoms with Gasteiger partial charge in [-0.2, -0.15) is 0 Å². The van der Waals surface area contributed by atoms with Crippen molar-refractivity contribution in [3.63, 3.8) is 0 Å². The molecule has 4 heteroatoms. The number of carbonyl (C=O) groups is 1. The molecule has 0 aliphatic carbocycles. The topological polar surface area (TPSA) is 39.2 Å². The van der Waals surface area contributed by atoms with Gasteiger partial charge in [-0.25, -0.2) is 9.78 Å². The van der Waals surface area contributed by atoms with Crippen LogP contribution in [-0.4, -0.2) is 17.6 Å². The van der Waals surface area contributed by atoms with Gasteiger partial charge in [0.2, 0.25) is 0 Å². The molecule has 0 N–H and O–H groups in total. The maximum absolute atomic E-state index is 11.8. The molecule has 0 fully saturated rings. The Kier molecular flexibility index (Phi) is 3.29. The monoisotopic (exact) mass is 249 g/mol. The molecule has 1 aromatic carbocycles. The average molecular weight is 250 g/mol. The van der Waals surface area contributed by atoms with E-state index in [4.69, 9.17) is 16.3 Å². The second kappa shape index (κ2) is 4.72. The quantitative estimate of drug-likeness (QED) is 0.605. The second-order valence-corrected chi connectivity index (χ2v) is 4.12. The summed E-state index contributed by atoms with van der Waals surface area (Å²) in [6.07, 6.45) is 0. The van der Waals surface area contributed by atoms with Crippen molar-refractivity contribution in [2.24, 2.45) is 0 Å². The smallest absolute Gasteiger partial charge is 0.338 e. The average Bonchev–Trinajstić information content (AvgIpc) is 2.27. The molecule has 0 spiro atoms. The van der Waals surface area contributed by atoms with Crippen LogP contribution < -0.4 is 0 Å². The first-order valence-electron chi connectivity index (χ1n) is 5.36. The van der Waals surface area contributed by atoms with Crippen LogP contribution in [-0.2, 0) is 4.74 Å². The highest BCUT2D eigenvalue weighted by Gasteiger charge is 2.13. The van der Waals surface area contributed by atoms with Crippen molar-refractivity contribution >= 4 is 28.5 Å². The van der Waals surface area contributed by atoms with Gasteiger partial charge in [0, 0.05) is 5.39 Å². The van der Waals surface area contributed by atoms with Gasteiger partial charge in [-0.3, -0.25) is 0 Å². The Morgan fingerprint density at radius 2 is 2.18 bits per heavy atom. The van der Waals surface area contributed by atoms with E-state index in [0.717, 1.165) is 10.9 Å². The summed E-state index contributed by atoms with van der Waals surface area (Å²) in [5, 5.41) is 1.06. The number of aromatic nitrogens is 1. The number of pyridine rings is 1. The lowest BCUT2D eigenvalue weighted by Gasteiger charge is -2.07. The number of hydrogen-bond donors (Lipinski definition) is 0. The Balaban J connectivity index is 2.65. The molecule has 17 heavy (non-hydrogen) atoms. The van der Waals surface area contributed by atoms with Crippen molar-refractivity contribution in [1.29, 1.82) is 0 Å². The van der Waals surface area contributed by atoms with E-state index in [9.17, 15) is 4.79 Å². The third kappa shape index (κ3) is 2.39. The second-order valence-electron chi connectivity index (χ2n) is 3.73. The Labute approximate surface area is 104 Å². The van der Waals surface area contributed by atoms with Gasteiger partial charge in [0.25, 0.3) is 0 Å². The van der Waals surface area contributed by atoms with Crippen molar-refractivity contribution in [3.8, 4) is 0 Å². The highest BCUT2D eigenvalue weighted by Crippen LogP contribution is 2.22. The van der Waals surface area contributed by atoms with Gasteiger partial charge in [-0.1, -0.05) is 23.7 Å². The van der Waals surface area contributed by atoms with Gasteiger partial charge in [0.15, 0.2) is 0 Å². The minimum Gasteiger partial charge on any atom is -0.462 e. The summed E-state index contributed by atoms with van der Waals surface area (Å²) in [5.74, 6) is -0.370. The minimum absolute atomic E-state index is 0.297. The highest BCUT2D eigenvalue weighted by atomic mass is 35.5. The largest absolute Gasteiger partial charge is 0.462 e. The first kappa shape index (κ1) is 11.9. The van der Waals surface area contributed by atoms with Crippen molar-refractivity contribution in [2.45, 2.75) is 13.8 Å². The molecule has 0 saturated heterocycles. The summed E-state index contributed by atoms with van der Waals surface area (Å²) < 4.78 is 5.00. The number of nitrogens with zero attached hydrogens (tertiary/aromatic N) is 1. The molecule has 0 aliphatic rings. The first-order valence-corrected chi connectivity index (χ1v) is 5.73. The molecule has 2 rings (SSSR count). The predicted octanol–water partition coefficient (Wildman–Crippen LogP) is 3.37. The van der Waals surface area contributed by atoms with Crippen LogP contribution in [0.15, 0.2) is 24.3 Å². The molecule has 3 nitrogen and oxygen atoms in total. The number of aryl methyl sites for hydroxylation is 1. The molecular weight excluding hydrogens is 238 g/mol. The SMILES string of the molecule is CCOC(=O)c1cc(Cl)nc2cc(C)ccc12. The van der Waals surface area contributed by atoms with Crippen LogP contribution in [0, 0.1) is 6.92 Å². The summed E-state index contributed by atoms with van der Waals surface area (Å²) in [6.45, 7) is 4.07. The van der Waals surface area contributed by atoms with Crippen LogP contribution in [0.25, 0.3) is 10.9 Å². The Morgan fingerprint density at radius 1 is 1.41 bits per heavy atom. The van der Waals surface area contributed by atoms with Gasteiger partial charge < -0.3 is 4.74 Å². The maximum atomic E-state index is 11.8. The first-order chi connectivity index (χ1) is 8.11. The van der Waals surface area contributed by atoms with Crippen molar-refractivity contribution < 1.29 is 9.53 Å². The normalized spacial score (nSPS) is 10.5. The van der Waals surface area contributed by atoms with E-state index in [1.165, 1.54) is 6.07 Å². The minimum atomic E-state index is -0.370.